The van der Waals surface area contributed by atoms with Crippen LogP contribution >= 0.6 is 0 Å². The molecule has 39 heavy (non-hydrogen) atoms. The maximum atomic E-state index is 13.6. The van der Waals surface area contributed by atoms with Gasteiger partial charge in [-0.3, -0.25) is 14.4 Å². The van der Waals surface area contributed by atoms with Gasteiger partial charge in [0.2, 0.25) is 0 Å². The average Bonchev–Trinajstić information content (AvgIpc) is 3.49. The maximum Gasteiger partial charge on any atom is 0.501 e. The van der Waals surface area contributed by atoms with E-state index >= 15 is 0 Å². The van der Waals surface area contributed by atoms with Gasteiger partial charge in [-0.05, 0) is 42.7 Å². The lowest BCUT2D eigenvalue weighted by atomic mass is 10.1. The van der Waals surface area contributed by atoms with Crippen LogP contribution in [0.5, 0.6) is 0 Å². The van der Waals surface area contributed by atoms with Crippen LogP contribution in [0.15, 0.2) is 47.5 Å². The highest BCUT2D eigenvalue weighted by molar-refractivity contribution is 7.92. The first-order chi connectivity index (χ1) is 18.2. The molecule has 210 valence electrons. The highest BCUT2D eigenvalue weighted by atomic mass is 32.2. The Balaban J connectivity index is 1.45. The molecule has 17 heteroatoms. The predicted octanol–water partition coefficient (Wildman–Crippen LogP) is 2.12. The van der Waals surface area contributed by atoms with Gasteiger partial charge in [0.25, 0.3) is 15.7 Å². The van der Waals surface area contributed by atoms with E-state index in [1.807, 2.05) is 0 Å². The molecule has 2 unspecified atom stereocenters. The number of amides is 3. The summed E-state index contributed by atoms with van der Waals surface area (Å²) < 4.78 is 96.3. The molecule has 3 aliphatic rings. The van der Waals surface area contributed by atoms with Crippen LogP contribution in [0.4, 0.5) is 35.2 Å². The van der Waals surface area contributed by atoms with Gasteiger partial charge in [0.1, 0.15) is 11.4 Å². The summed E-state index contributed by atoms with van der Waals surface area (Å²) in [6.07, 6.45) is 1.55. The second-order valence-corrected chi connectivity index (χ2v) is 12.9. The van der Waals surface area contributed by atoms with E-state index in [1.165, 1.54) is 27.5 Å². The lowest BCUT2D eigenvalue weighted by Crippen LogP contribution is -2.43. The minimum absolute atomic E-state index is 0.0946. The van der Waals surface area contributed by atoms with Crippen molar-refractivity contribution in [1.29, 1.82) is 0 Å². The molecule has 1 aliphatic carbocycles. The molecular formula is C22H22F3N5O7S2. The largest absolute Gasteiger partial charge is 0.501 e. The fraction of sp³-hybridized carbons (Fsp3) is 0.409. The molecular weight excluding hydrogens is 567 g/mol. The van der Waals surface area contributed by atoms with Crippen molar-refractivity contribution >= 4 is 49.2 Å². The number of ether oxygens (including phenoxy) is 1. The van der Waals surface area contributed by atoms with E-state index in [2.05, 4.69) is 9.71 Å². The number of benzene rings is 1. The number of rotatable bonds is 6. The summed E-state index contributed by atoms with van der Waals surface area (Å²) in [5, 5.41) is 0. The lowest BCUT2D eigenvalue weighted by Gasteiger charge is -2.26. The number of hydrogen-bond acceptors (Lipinski definition) is 8. The van der Waals surface area contributed by atoms with Crippen LogP contribution in [0.2, 0.25) is 0 Å². The average molecular weight is 590 g/mol. The third-order valence-corrected chi connectivity index (χ3v) is 9.90. The highest BCUT2D eigenvalue weighted by Gasteiger charge is 2.70. The molecule has 1 N–H and O–H groups in total. The van der Waals surface area contributed by atoms with E-state index in [-0.39, 0.29) is 55.8 Å². The number of pyridine rings is 1. The molecule has 12 nitrogen and oxygen atoms in total. The van der Waals surface area contributed by atoms with Gasteiger partial charge in [-0.25, -0.2) is 23.1 Å². The minimum Gasteiger partial charge on any atom is -0.379 e. The van der Waals surface area contributed by atoms with Gasteiger partial charge >= 0.3 is 21.7 Å². The van der Waals surface area contributed by atoms with Crippen molar-refractivity contribution in [3.8, 4) is 0 Å². The Kier molecular flexibility index (Phi) is 6.40. The molecule has 3 fully saturated rings. The summed E-state index contributed by atoms with van der Waals surface area (Å²) in [6.45, 7) is 2.50. The third-order valence-electron chi connectivity index (χ3n) is 6.88. The first kappa shape index (κ1) is 27.3. The number of carbonyl (C=O) groups excluding carboxylic acids is 2. The number of urea groups is 1. The molecule has 2 saturated heterocycles. The number of carbonyl (C=O) groups is 2. The van der Waals surface area contributed by atoms with Gasteiger partial charge in [-0.2, -0.15) is 25.9 Å². The Hall–Kier alpha value is -3.28. The van der Waals surface area contributed by atoms with E-state index < -0.39 is 47.9 Å². The van der Waals surface area contributed by atoms with E-state index in [4.69, 9.17) is 4.74 Å². The number of morpholine rings is 1. The molecule has 1 aromatic carbocycles. The van der Waals surface area contributed by atoms with Gasteiger partial charge in [-0.15, -0.1) is 0 Å². The number of sulfone groups is 1. The van der Waals surface area contributed by atoms with E-state index in [9.17, 15) is 39.6 Å². The highest BCUT2D eigenvalue weighted by Crippen LogP contribution is 2.55. The van der Waals surface area contributed by atoms with Crippen molar-refractivity contribution in [2.75, 3.05) is 40.8 Å². The molecule has 5 rings (SSSR count). The number of nitrogens with zero attached hydrogens (tertiary/aromatic N) is 4. The van der Waals surface area contributed by atoms with E-state index in [1.54, 1.807) is 6.92 Å². The number of anilines is 3. The van der Waals surface area contributed by atoms with Crippen LogP contribution in [0.3, 0.4) is 0 Å². The van der Waals surface area contributed by atoms with Gasteiger partial charge < -0.3 is 4.74 Å². The maximum absolute atomic E-state index is 13.6. The van der Waals surface area contributed by atoms with Crippen LogP contribution < -0.4 is 14.5 Å². The Morgan fingerprint density at radius 1 is 1.03 bits per heavy atom. The summed E-state index contributed by atoms with van der Waals surface area (Å²) >= 11 is 0. The van der Waals surface area contributed by atoms with Crippen molar-refractivity contribution < 1.29 is 44.3 Å². The zero-order valence-electron chi connectivity index (χ0n) is 20.3. The SMILES string of the molecule is CC1CC12C(=O)N(c1ccc(S(=O)(=O)C(F)(F)F)cc1)C(=O)N2c1ccnc(NS(=O)(=O)N2CCOCC2)c1. The van der Waals surface area contributed by atoms with Gasteiger partial charge in [0, 0.05) is 25.4 Å². The summed E-state index contributed by atoms with van der Waals surface area (Å²) in [5.41, 5.74) is -6.75. The first-order valence-corrected chi connectivity index (χ1v) is 14.5. The Labute approximate surface area is 221 Å². The second kappa shape index (κ2) is 9.14. The van der Waals surface area contributed by atoms with Crippen molar-refractivity contribution in [2.24, 2.45) is 5.92 Å². The zero-order chi connectivity index (χ0) is 28.4. The summed E-state index contributed by atoms with van der Waals surface area (Å²) in [5.74, 6) is -1.02. The van der Waals surface area contributed by atoms with Gasteiger partial charge in [0.15, 0.2) is 0 Å². The fourth-order valence-corrected chi connectivity index (χ4v) is 6.64. The van der Waals surface area contributed by atoms with Gasteiger partial charge in [0.05, 0.1) is 29.5 Å². The van der Waals surface area contributed by atoms with Crippen molar-refractivity contribution in [1.82, 2.24) is 9.29 Å². The van der Waals surface area contributed by atoms with E-state index in [0.29, 0.717) is 12.1 Å². The number of alkyl halides is 3. The summed E-state index contributed by atoms with van der Waals surface area (Å²) in [7, 11) is -9.59. The Morgan fingerprint density at radius 3 is 2.21 bits per heavy atom. The Bertz CT molecular complexity index is 1540. The normalized spacial score (nSPS) is 24.5. The third kappa shape index (κ3) is 4.42. The van der Waals surface area contributed by atoms with Gasteiger partial charge in [-0.1, -0.05) is 6.92 Å². The lowest BCUT2D eigenvalue weighted by molar-refractivity contribution is -0.119. The molecule has 2 aromatic rings. The number of hydrogen-bond donors (Lipinski definition) is 1. The number of aromatic nitrogens is 1. The molecule has 0 radical (unpaired) electrons. The van der Waals surface area contributed by atoms with Crippen molar-refractivity contribution in [3.63, 3.8) is 0 Å². The smallest absolute Gasteiger partial charge is 0.379 e. The van der Waals surface area contributed by atoms with E-state index in [0.717, 1.165) is 17.0 Å². The molecule has 1 saturated carbocycles. The van der Waals surface area contributed by atoms with Crippen molar-refractivity contribution in [2.45, 2.75) is 29.3 Å². The summed E-state index contributed by atoms with van der Waals surface area (Å²) in [4.78, 5) is 32.0. The topological polar surface area (TPSA) is 146 Å². The second-order valence-electron chi connectivity index (χ2n) is 9.25. The number of halogens is 3. The number of imide groups is 1. The minimum atomic E-state index is -5.62. The molecule has 3 amide bonds. The molecule has 0 bridgehead atoms. The quantitative estimate of drug-likeness (QED) is 0.505. The predicted molar refractivity (Wildman–Crippen MR) is 131 cm³/mol. The zero-order valence-corrected chi connectivity index (χ0v) is 21.9. The Morgan fingerprint density at radius 2 is 1.64 bits per heavy atom. The van der Waals surface area contributed by atoms with Crippen LogP contribution in [-0.4, -0.2) is 75.4 Å². The van der Waals surface area contributed by atoms with Crippen LogP contribution in [0.1, 0.15) is 13.3 Å². The molecule has 3 heterocycles. The molecule has 1 aromatic heterocycles. The monoisotopic (exact) mass is 589 g/mol. The number of nitrogens with one attached hydrogen (secondary N) is 1. The standard InChI is InChI=1S/C22H22F3N5O7S2/c1-14-13-21(14)19(31)29(15-2-4-17(5-3-15)38(33,34)22(23,24)25)20(32)30(21)16-6-7-26-18(12-16)27-39(35,36)28-8-10-37-11-9-28/h2-7,12,14H,8-11,13H2,1H3,(H,26,27). The first-order valence-electron chi connectivity index (χ1n) is 11.6. The molecule has 2 aliphatic heterocycles. The van der Waals surface area contributed by atoms with Crippen LogP contribution in [0.25, 0.3) is 0 Å². The fourth-order valence-electron chi connectivity index (χ4n) is 4.74. The van der Waals surface area contributed by atoms with Crippen LogP contribution in [0, 0.1) is 5.92 Å². The van der Waals surface area contributed by atoms with Crippen LogP contribution in [-0.2, 0) is 29.6 Å². The van der Waals surface area contributed by atoms with Crippen molar-refractivity contribution in [3.05, 3.63) is 42.6 Å². The summed E-state index contributed by atoms with van der Waals surface area (Å²) in [6, 6.07) is 5.15. The molecule has 2 atom stereocenters. The molecule has 1 spiro atoms.